The van der Waals surface area contributed by atoms with E-state index in [-0.39, 0.29) is 5.91 Å². The van der Waals surface area contributed by atoms with Crippen LogP contribution < -0.4 is 10.2 Å². The third-order valence-electron chi connectivity index (χ3n) is 4.62. The van der Waals surface area contributed by atoms with Gasteiger partial charge < -0.3 is 10.2 Å². The second-order valence-corrected chi connectivity index (χ2v) is 6.68. The molecule has 0 bridgehead atoms. The highest BCUT2D eigenvalue weighted by atomic mass is 16.2. The first-order valence-corrected chi connectivity index (χ1v) is 8.20. The van der Waals surface area contributed by atoms with Crippen molar-refractivity contribution in [3.8, 4) is 0 Å². The molecule has 1 amide bonds. The second kappa shape index (κ2) is 6.07. The highest BCUT2D eigenvalue weighted by molar-refractivity contribution is 6.02. The van der Waals surface area contributed by atoms with Gasteiger partial charge in [0, 0.05) is 0 Å². The van der Waals surface area contributed by atoms with E-state index >= 15 is 0 Å². The Labute approximate surface area is 138 Å². The van der Waals surface area contributed by atoms with Crippen LogP contribution in [0, 0.1) is 13.8 Å². The van der Waals surface area contributed by atoms with Crippen molar-refractivity contribution in [2.45, 2.75) is 40.2 Å². The molecule has 0 aromatic heterocycles. The van der Waals surface area contributed by atoms with Crippen molar-refractivity contribution >= 4 is 17.3 Å². The summed E-state index contributed by atoms with van der Waals surface area (Å²) >= 11 is 0. The lowest BCUT2D eigenvalue weighted by molar-refractivity contribution is -0.117. The highest BCUT2D eigenvalue weighted by Gasteiger charge is 2.24. The molecule has 0 radical (unpaired) electrons. The van der Waals surface area contributed by atoms with Crippen LogP contribution in [-0.2, 0) is 11.3 Å². The standard InChI is InChI=1S/C20H24N2O/c1-13(2)17-7-5-16(6-8-17)12-22-19-10-15(4)14(3)9-18(19)21-11-20(22)23/h5-10,13,21H,11-12H2,1-4H3. The van der Waals surface area contributed by atoms with Gasteiger partial charge in [-0.2, -0.15) is 0 Å². The molecule has 3 nitrogen and oxygen atoms in total. The van der Waals surface area contributed by atoms with Gasteiger partial charge in [0.25, 0.3) is 0 Å². The van der Waals surface area contributed by atoms with Crippen LogP contribution in [0.15, 0.2) is 36.4 Å². The molecule has 0 fully saturated rings. The molecular formula is C20H24N2O. The predicted molar refractivity (Wildman–Crippen MR) is 96.1 cm³/mol. The number of anilines is 2. The number of fused-ring (bicyclic) bond motifs is 1. The zero-order chi connectivity index (χ0) is 16.6. The van der Waals surface area contributed by atoms with Gasteiger partial charge in [0.2, 0.25) is 5.91 Å². The summed E-state index contributed by atoms with van der Waals surface area (Å²) in [6.07, 6.45) is 0. The second-order valence-electron chi connectivity index (χ2n) is 6.68. The fourth-order valence-corrected chi connectivity index (χ4v) is 2.93. The summed E-state index contributed by atoms with van der Waals surface area (Å²) < 4.78 is 0. The van der Waals surface area contributed by atoms with Crippen LogP contribution in [0.3, 0.4) is 0 Å². The molecule has 1 aliphatic heterocycles. The molecule has 3 rings (SSSR count). The number of nitrogens with one attached hydrogen (secondary N) is 1. The maximum absolute atomic E-state index is 12.4. The van der Waals surface area contributed by atoms with Gasteiger partial charge in [-0.25, -0.2) is 0 Å². The van der Waals surface area contributed by atoms with Crippen molar-refractivity contribution in [3.63, 3.8) is 0 Å². The number of nitrogens with zero attached hydrogens (tertiary/aromatic N) is 1. The Morgan fingerprint density at radius 2 is 1.74 bits per heavy atom. The zero-order valence-corrected chi connectivity index (χ0v) is 14.3. The fraction of sp³-hybridized carbons (Fsp3) is 0.350. The summed E-state index contributed by atoms with van der Waals surface area (Å²) in [5, 5.41) is 3.23. The number of carbonyl (C=O) groups excluding carboxylic acids is 1. The van der Waals surface area contributed by atoms with Crippen molar-refractivity contribution in [2.24, 2.45) is 0 Å². The molecule has 1 aliphatic rings. The molecule has 1 N–H and O–H groups in total. The first-order valence-electron chi connectivity index (χ1n) is 8.20. The summed E-state index contributed by atoms with van der Waals surface area (Å²) in [6.45, 7) is 9.55. The van der Waals surface area contributed by atoms with E-state index in [2.05, 4.69) is 69.4 Å². The van der Waals surface area contributed by atoms with Gasteiger partial charge in [0.1, 0.15) is 0 Å². The van der Waals surface area contributed by atoms with Gasteiger partial charge in [0.15, 0.2) is 0 Å². The van der Waals surface area contributed by atoms with Gasteiger partial charge in [-0.05, 0) is 54.2 Å². The third-order valence-corrected chi connectivity index (χ3v) is 4.62. The molecule has 2 aromatic rings. The van der Waals surface area contributed by atoms with E-state index in [0.717, 1.165) is 16.9 Å². The highest BCUT2D eigenvalue weighted by Crippen LogP contribution is 2.33. The number of carbonyl (C=O) groups is 1. The summed E-state index contributed by atoms with van der Waals surface area (Å²) in [5.41, 5.74) is 6.97. The van der Waals surface area contributed by atoms with Crippen LogP contribution in [0.4, 0.5) is 11.4 Å². The Hall–Kier alpha value is -2.29. The Kier molecular flexibility index (Phi) is 4.12. The Morgan fingerprint density at radius 1 is 1.09 bits per heavy atom. The maximum Gasteiger partial charge on any atom is 0.246 e. The van der Waals surface area contributed by atoms with Gasteiger partial charge in [-0.3, -0.25) is 4.79 Å². The van der Waals surface area contributed by atoms with E-state index < -0.39 is 0 Å². The quantitative estimate of drug-likeness (QED) is 0.912. The van der Waals surface area contributed by atoms with Gasteiger partial charge in [-0.15, -0.1) is 0 Å². The largest absolute Gasteiger partial charge is 0.374 e. The van der Waals surface area contributed by atoms with Crippen LogP contribution in [0.25, 0.3) is 0 Å². The monoisotopic (exact) mass is 308 g/mol. The van der Waals surface area contributed by atoms with Gasteiger partial charge in [-0.1, -0.05) is 38.1 Å². The normalized spacial score (nSPS) is 14.0. The molecule has 23 heavy (non-hydrogen) atoms. The predicted octanol–water partition coefficient (Wildman–Crippen LogP) is 4.39. The lowest BCUT2D eigenvalue weighted by Gasteiger charge is -2.31. The minimum absolute atomic E-state index is 0.119. The number of hydrogen-bond donors (Lipinski definition) is 1. The molecule has 2 aromatic carbocycles. The van der Waals surface area contributed by atoms with E-state index in [1.165, 1.54) is 16.7 Å². The number of amides is 1. The Bertz CT molecular complexity index is 732. The van der Waals surface area contributed by atoms with Crippen molar-refractivity contribution in [2.75, 3.05) is 16.8 Å². The van der Waals surface area contributed by atoms with Crippen molar-refractivity contribution in [1.82, 2.24) is 0 Å². The van der Waals surface area contributed by atoms with E-state index in [9.17, 15) is 4.79 Å². The molecule has 0 atom stereocenters. The van der Waals surface area contributed by atoms with Crippen molar-refractivity contribution < 1.29 is 4.79 Å². The van der Waals surface area contributed by atoms with Crippen molar-refractivity contribution in [3.05, 3.63) is 58.7 Å². The molecular weight excluding hydrogens is 284 g/mol. The Balaban J connectivity index is 1.91. The van der Waals surface area contributed by atoms with Crippen molar-refractivity contribution in [1.29, 1.82) is 0 Å². The molecule has 0 saturated heterocycles. The summed E-state index contributed by atoms with van der Waals surface area (Å²) in [4.78, 5) is 14.3. The van der Waals surface area contributed by atoms with Crippen LogP contribution in [0.1, 0.15) is 42.0 Å². The first-order chi connectivity index (χ1) is 11.0. The van der Waals surface area contributed by atoms with E-state index in [1.54, 1.807) is 0 Å². The van der Waals surface area contributed by atoms with Crippen LogP contribution in [0.5, 0.6) is 0 Å². The van der Waals surface area contributed by atoms with Crippen LogP contribution in [0.2, 0.25) is 0 Å². The molecule has 3 heteroatoms. The lowest BCUT2D eigenvalue weighted by Crippen LogP contribution is -2.39. The summed E-state index contributed by atoms with van der Waals surface area (Å²) in [7, 11) is 0. The molecule has 0 unspecified atom stereocenters. The zero-order valence-electron chi connectivity index (χ0n) is 14.3. The lowest BCUT2D eigenvalue weighted by atomic mass is 10.0. The molecule has 0 aliphatic carbocycles. The summed E-state index contributed by atoms with van der Waals surface area (Å²) in [5.74, 6) is 0.643. The topological polar surface area (TPSA) is 32.3 Å². The summed E-state index contributed by atoms with van der Waals surface area (Å²) in [6, 6.07) is 12.8. The van der Waals surface area contributed by atoms with E-state index in [1.807, 2.05) is 4.90 Å². The molecule has 120 valence electrons. The molecule has 0 spiro atoms. The number of aryl methyl sites for hydroxylation is 2. The number of benzene rings is 2. The minimum Gasteiger partial charge on any atom is -0.374 e. The van der Waals surface area contributed by atoms with E-state index in [4.69, 9.17) is 0 Å². The number of hydrogen-bond acceptors (Lipinski definition) is 2. The van der Waals surface area contributed by atoms with Crippen LogP contribution >= 0.6 is 0 Å². The average molecular weight is 308 g/mol. The van der Waals surface area contributed by atoms with Gasteiger partial charge in [0.05, 0.1) is 24.5 Å². The molecule has 0 saturated carbocycles. The van der Waals surface area contributed by atoms with Crippen LogP contribution in [-0.4, -0.2) is 12.5 Å². The average Bonchev–Trinajstić information content (AvgIpc) is 2.52. The third kappa shape index (κ3) is 3.09. The molecule has 1 heterocycles. The Morgan fingerprint density at radius 3 is 2.39 bits per heavy atom. The maximum atomic E-state index is 12.4. The van der Waals surface area contributed by atoms with Gasteiger partial charge >= 0.3 is 0 Å². The first kappa shape index (κ1) is 15.6. The fourth-order valence-electron chi connectivity index (χ4n) is 2.93. The minimum atomic E-state index is 0.119. The SMILES string of the molecule is Cc1cc2c(cc1C)N(Cc1ccc(C(C)C)cc1)C(=O)CN2. The van der Waals surface area contributed by atoms with E-state index in [0.29, 0.717) is 19.0 Å². The number of rotatable bonds is 3. The smallest absolute Gasteiger partial charge is 0.246 e.